The molecule has 2 aromatic carbocycles. The highest BCUT2D eigenvalue weighted by Gasteiger charge is 2.26. The van der Waals surface area contributed by atoms with Crippen molar-refractivity contribution in [2.75, 3.05) is 26.2 Å². The Morgan fingerprint density at radius 1 is 1.15 bits per heavy atom. The number of ether oxygens (including phenoxy) is 1. The zero-order valence-corrected chi connectivity index (χ0v) is 16.2. The molecule has 144 valence electrons. The van der Waals surface area contributed by atoms with E-state index in [2.05, 4.69) is 4.72 Å². The van der Waals surface area contributed by atoms with Crippen LogP contribution in [-0.2, 0) is 25.3 Å². The van der Waals surface area contributed by atoms with E-state index < -0.39 is 10.0 Å². The third-order valence-electron chi connectivity index (χ3n) is 4.34. The summed E-state index contributed by atoms with van der Waals surface area (Å²) < 4.78 is 32.6. The fraction of sp³-hybridized carbons (Fsp3) is 0.316. The molecule has 1 heterocycles. The molecule has 0 aliphatic carbocycles. The zero-order chi connectivity index (χ0) is 19.3. The minimum absolute atomic E-state index is 0.205. The second-order valence-electron chi connectivity index (χ2n) is 6.28. The van der Waals surface area contributed by atoms with E-state index in [1.807, 2.05) is 30.3 Å². The number of amides is 1. The standard InChI is InChI=1S/C19H21ClN2O4S/c20-17-9-5-4-8-16(17)14-27(24,25)21-12-19(23)22-10-11-26-18(13-22)15-6-2-1-3-7-15/h1-9,18,21H,10-14H2/t18-/m1/s1. The average molecular weight is 409 g/mol. The van der Waals surface area contributed by atoms with Gasteiger partial charge in [0.1, 0.15) is 6.10 Å². The van der Waals surface area contributed by atoms with Crippen LogP contribution in [0.25, 0.3) is 0 Å². The number of hydrogen-bond acceptors (Lipinski definition) is 4. The molecule has 1 aliphatic rings. The number of nitrogens with one attached hydrogen (secondary N) is 1. The van der Waals surface area contributed by atoms with E-state index in [1.54, 1.807) is 29.2 Å². The summed E-state index contributed by atoms with van der Waals surface area (Å²) in [5, 5.41) is 0.382. The van der Waals surface area contributed by atoms with Crippen LogP contribution in [0.4, 0.5) is 0 Å². The first-order chi connectivity index (χ1) is 12.9. The molecule has 1 saturated heterocycles. The van der Waals surface area contributed by atoms with Crippen molar-refractivity contribution in [1.82, 2.24) is 9.62 Å². The molecular formula is C19H21ClN2O4S. The van der Waals surface area contributed by atoms with Gasteiger partial charge in [-0.3, -0.25) is 4.79 Å². The Bertz CT molecular complexity index is 890. The van der Waals surface area contributed by atoms with Crippen LogP contribution >= 0.6 is 11.6 Å². The number of morpholine rings is 1. The lowest BCUT2D eigenvalue weighted by Crippen LogP contribution is -2.46. The minimum Gasteiger partial charge on any atom is -0.370 e. The number of sulfonamides is 1. The van der Waals surface area contributed by atoms with Gasteiger partial charge >= 0.3 is 0 Å². The fourth-order valence-corrected chi connectivity index (χ4v) is 4.29. The monoisotopic (exact) mass is 408 g/mol. The van der Waals surface area contributed by atoms with Crippen LogP contribution in [0.3, 0.4) is 0 Å². The number of carbonyl (C=O) groups is 1. The summed E-state index contributed by atoms with van der Waals surface area (Å²) in [6.07, 6.45) is -0.205. The highest BCUT2D eigenvalue weighted by atomic mass is 35.5. The number of halogens is 1. The first-order valence-corrected chi connectivity index (χ1v) is 10.6. The molecule has 0 aromatic heterocycles. The summed E-state index contributed by atoms with van der Waals surface area (Å²) in [6.45, 7) is 0.968. The van der Waals surface area contributed by atoms with Crippen LogP contribution in [0.2, 0.25) is 5.02 Å². The van der Waals surface area contributed by atoms with Crippen molar-refractivity contribution in [3.63, 3.8) is 0 Å². The lowest BCUT2D eigenvalue weighted by Gasteiger charge is -2.33. The fourth-order valence-electron chi connectivity index (χ4n) is 2.90. The Hall–Kier alpha value is -1.93. The van der Waals surface area contributed by atoms with E-state index in [-0.39, 0.29) is 24.3 Å². The van der Waals surface area contributed by atoms with Crippen molar-refractivity contribution < 1.29 is 17.9 Å². The summed E-state index contributed by atoms with van der Waals surface area (Å²) in [5.41, 5.74) is 1.49. The Morgan fingerprint density at radius 2 is 1.85 bits per heavy atom. The normalized spacial score (nSPS) is 17.7. The predicted octanol–water partition coefficient (Wildman–Crippen LogP) is 2.36. The molecule has 0 spiro atoms. The predicted molar refractivity (Wildman–Crippen MR) is 104 cm³/mol. The Morgan fingerprint density at radius 3 is 2.59 bits per heavy atom. The molecule has 1 amide bonds. The first-order valence-electron chi connectivity index (χ1n) is 8.60. The summed E-state index contributed by atoms with van der Waals surface area (Å²) in [5.74, 6) is -0.544. The summed E-state index contributed by atoms with van der Waals surface area (Å²) in [7, 11) is -3.67. The van der Waals surface area contributed by atoms with E-state index >= 15 is 0 Å². The quantitative estimate of drug-likeness (QED) is 0.796. The molecule has 1 N–H and O–H groups in total. The molecule has 3 rings (SSSR count). The van der Waals surface area contributed by atoms with Gasteiger partial charge < -0.3 is 9.64 Å². The van der Waals surface area contributed by atoms with Gasteiger partial charge in [0, 0.05) is 11.6 Å². The summed E-state index contributed by atoms with van der Waals surface area (Å²) in [4.78, 5) is 14.1. The number of carbonyl (C=O) groups excluding carboxylic acids is 1. The zero-order valence-electron chi connectivity index (χ0n) is 14.7. The third-order valence-corrected chi connectivity index (χ3v) is 5.98. The smallest absolute Gasteiger partial charge is 0.237 e. The van der Waals surface area contributed by atoms with Gasteiger partial charge in [-0.05, 0) is 17.2 Å². The number of benzene rings is 2. The van der Waals surface area contributed by atoms with E-state index in [4.69, 9.17) is 16.3 Å². The molecule has 0 radical (unpaired) electrons. The molecule has 1 aliphatic heterocycles. The maximum absolute atomic E-state index is 12.5. The lowest BCUT2D eigenvalue weighted by molar-refractivity contribution is -0.137. The number of hydrogen-bond donors (Lipinski definition) is 1. The molecule has 0 saturated carbocycles. The highest BCUT2D eigenvalue weighted by molar-refractivity contribution is 7.88. The van der Waals surface area contributed by atoms with Gasteiger partial charge in [0.15, 0.2) is 0 Å². The van der Waals surface area contributed by atoms with E-state index in [9.17, 15) is 13.2 Å². The molecule has 27 heavy (non-hydrogen) atoms. The van der Waals surface area contributed by atoms with E-state index in [1.165, 1.54) is 0 Å². The van der Waals surface area contributed by atoms with Gasteiger partial charge in [-0.2, -0.15) is 0 Å². The Balaban J connectivity index is 1.56. The summed E-state index contributed by atoms with van der Waals surface area (Å²) >= 11 is 6.01. The molecule has 0 bridgehead atoms. The van der Waals surface area contributed by atoms with Crippen LogP contribution in [0.5, 0.6) is 0 Å². The van der Waals surface area contributed by atoms with Gasteiger partial charge in [0.25, 0.3) is 0 Å². The topological polar surface area (TPSA) is 75.7 Å². The largest absolute Gasteiger partial charge is 0.370 e. The second kappa shape index (κ2) is 8.84. The van der Waals surface area contributed by atoms with Crippen LogP contribution in [0.1, 0.15) is 17.2 Å². The highest BCUT2D eigenvalue weighted by Crippen LogP contribution is 2.22. The average Bonchev–Trinajstić information content (AvgIpc) is 2.69. The first kappa shape index (κ1) is 19.8. The van der Waals surface area contributed by atoms with E-state index in [0.717, 1.165) is 5.56 Å². The van der Waals surface area contributed by atoms with Crippen LogP contribution < -0.4 is 4.72 Å². The molecule has 1 fully saturated rings. The lowest BCUT2D eigenvalue weighted by atomic mass is 10.1. The van der Waals surface area contributed by atoms with Crippen LogP contribution in [-0.4, -0.2) is 45.5 Å². The molecule has 0 unspecified atom stereocenters. The molecule has 2 aromatic rings. The third kappa shape index (κ3) is 5.52. The van der Waals surface area contributed by atoms with Crippen LogP contribution in [0, 0.1) is 0 Å². The Kier molecular flexibility index (Phi) is 6.49. The van der Waals surface area contributed by atoms with Gasteiger partial charge in [-0.15, -0.1) is 0 Å². The molecule has 6 nitrogen and oxygen atoms in total. The van der Waals surface area contributed by atoms with Gasteiger partial charge in [-0.25, -0.2) is 13.1 Å². The number of rotatable bonds is 6. The van der Waals surface area contributed by atoms with Crippen molar-refractivity contribution >= 4 is 27.5 Å². The maximum atomic E-state index is 12.5. The Labute approximate surface area is 164 Å². The van der Waals surface area contributed by atoms with Gasteiger partial charge in [0.05, 0.1) is 25.4 Å². The molecular weight excluding hydrogens is 388 g/mol. The van der Waals surface area contributed by atoms with Crippen molar-refractivity contribution in [2.24, 2.45) is 0 Å². The van der Waals surface area contributed by atoms with Crippen molar-refractivity contribution in [1.29, 1.82) is 0 Å². The minimum atomic E-state index is -3.67. The van der Waals surface area contributed by atoms with Gasteiger partial charge in [-0.1, -0.05) is 60.1 Å². The molecule has 8 heteroatoms. The van der Waals surface area contributed by atoms with E-state index in [0.29, 0.717) is 30.3 Å². The summed E-state index contributed by atoms with van der Waals surface area (Å²) in [6, 6.07) is 16.4. The van der Waals surface area contributed by atoms with Crippen molar-refractivity contribution in [2.45, 2.75) is 11.9 Å². The second-order valence-corrected chi connectivity index (χ2v) is 8.50. The molecule has 1 atom stereocenters. The van der Waals surface area contributed by atoms with Crippen molar-refractivity contribution in [3.05, 3.63) is 70.7 Å². The SMILES string of the molecule is O=C(CNS(=O)(=O)Cc1ccccc1Cl)N1CCO[C@@H](c2ccccc2)C1. The van der Waals surface area contributed by atoms with Crippen molar-refractivity contribution in [3.8, 4) is 0 Å². The van der Waals surface area contributed by atoms with Crippen LogP contribution in [0.15, 0.2) is 54.6 Å². The number of nitrogens with zero attached hydrogens (tertiary/aromatic N) is 1. The maximum Gasteiger partial charge on any atom is 0.237 e. The van der Waals surface area contributed by atoms with Gasteiger partial charge in [0.2, 0.25) is 15.9 Å².